The zero-order chi connectivity index (χ0) is 50.9. The quantitative estimate of drug-likeness (QED) is 0.0306. The summed E-state index contributed by atoms with van der Waals surface area (Å²) < 4.78 is 32.4. The highest BCUT2D eigenvalue weighted by atomic mass is 16.5. The third kappa shape index (κ3) is 20.7. The van der Waals surface area contributed by atoms with Gasteiger partial charge in [-0.3, -0.25) is 0 Å². The minimum atomic E-state index is -0.454. The molecule has 6 aromatic carbocycles. The molecule has 0 amide bonds. The number of allylic oxidation sites excluding steroid dienone is 3. The fraction of sp³-hybridized carbons (Fsp3) is 0.186. The molecule has 0 aliphatic heterocycles. The van der Waals surface area contributed by atoms with E-state index in [-0.39, 0.29) is 0 Å². The van der Waals surface area contributed by atoms with Gasteiger partial charge in [-0.15, -0.1) is 0 Å². The van der Waals surface area contributed by atoms with Crippen LogP contribution in [0.2, 0.25) is 0 Å². The molecule has 0 aliphatic rings. The van der Waals surface area contributed by atoms with E-state index in [1.165, 1.54) is 12.8 Å². The van der Waals surface area contributed by atoms with Crippen molar-refractivity contribution in [2.75, 3.05) is 19.8 Å². The number of nitrogens with zero attached hydrogens (tertiary/aromatic N) is 3. The highest BCUT2D eigenvalue weighted by molar-refractivity contribution is 5.92. The van der Waals surface area contributed by atoms with Crippen LogP contribution in [-0.2, 0) is 0 Å². The molecular formula is C59H55N3O9. The van der Waals surface area contributed by atoms with E-state index in [1.807, 2.05) is 49.4 Å². The Morgan fingerprint density at radius 1 is 0.394 bits per heavy atom. The van der Waals surface area contributed by atoms with E-state index in [0.717, 1.165) is 19.3 Å². The first kappa shape index (κ1) is 54.4. The van der Waals surface area contributed by atoms with Gasteiger partial charge in [0, 0.05) is 0 Å². The second kappa shape index (κ2) is 31.7. The van der Waals surface area contributed by atoms with E-state index in [0.29, 0.717) is 87.7 Å². The van der Waals surface area contributed by atoms with E-state index in [9.17, 15) is 14.4 Å². The monoisotopic (exact) mass is 949 g/mol. The molecule has 0 aromatic heterocycles. The average Bonchev–Trinajstić information content (AvgIpc) is 3.41. The van der Waals surface area contributed by atoms with Crippen molar-refractivity contribution < 1.29 is 42.8 Å². The summed E-state index contributed by atoms with van der Waals surface area (Å²) in [6.45, 7) is 7.73. The summed E-state index contributed by atoms with van der Waals surface area (Å²) in [5.74, 6) is 1.95. The SMILES string of the molecule is C/C=C/COc1ccc(C(=O)Oc2ccc(C#N)cc2)cc1.CCC/C=C/COc1ccc(C(=O)Oc2ccc(C#N)cc2)cc1.CCCC/C=C/COc1ccc(C(=O)Oc2ccc(C#N)cc2)cc1. The largest absolute Gasteiger partial charge is 0.490 e. The van der Waals surface area contributed by atoms with E-state index in [1.54, 1.807) is 146 Å². The number of nitriles is 3. The van der Waals surface area contributed by atoms with Crippen LogP contribution >= 0.6 is 0 Å². The van der Waals surface area contributed by atoms with Gasteiger partial charge in [-0.2, -0.15) is 15.8 Å². The van der Waals surface area contributed by atoms with Gasteiger partial charge in [-0.05, 0) is 165 Å². The molecule has 6 rings (SSSR count). The van der Waals surface area contributed by atoms with Gasteiger partial charge in [0.2, 0.25) is 0 Å². The molecule has 0 unspecified atom stereocenters. The smallest absolute Gasteiger partial charge is 0.343 e. The Hall–Kier alpha value is -9.18. The van der Waals surface area contributed by atoms with Crippen molar-refractivity contribution in [2.24, 2.45) is 0 Å². The van der Waals surface area contributed by atoms with Crippen molar-refractivity contribution in [2.45, 2.75) is 52.9 Å². The summed E-state index contributed by atoms with van der Waals surface area (Å²) >= 11 is 0. The van der Waals surface area contributed by atoms with Gasteiger partial charge in [0.05, 0.1) is 51.6 Å². The zero-order valence-electron chi connectivity index (χ0n) is 40.0. The maximum atomic E-state index is 12.1. The molecule has 0 heterocycles. The molecule has 0 saturated carbocycles. The van der Waals surface area contributed by atoms with Gasteiger partial charge in [0.15, 0.2) is 0 Å². The normalized spacial score (nSPS) is 10.3. The number of ether oxygens (including phenoxy) is 6. The van der Waals surface area contributed by atoms with Crippen LogP contribution in [0, 0.1) is 34.0 Å². The van der Waals surface area contributed by atoms with Gasteiger partial charge in [0.1, 0.15) is 54.3 Å². The summed E-state index contributed by atoms with van der Waals surface area (Å²) in [5.41, 5.74) is 2.86. The molecule has 0 spiro atoms. The fourth-order valence-corrected chi connectivity index (χ4v) is 5.74. The second-order valence-corrected chi connectivity index (χ2v) is 15.0. The highest BCUT2D eigenvalue weighted by Gasteiger charge is 2.11. The lowest BCUT2D eigenvalue weighted by Crippen LogP contribution is -2.08. The molecule has 0 bridgehead atoms. The molecule has 0 aliphatic carbocycles. The first-order chi connectivity index (χ1) is 34.7. The number of carbonyl (C=O) groups is 3. The Morgan fingerprint density at radius 2 is 0.690 bits per heavy atom. The van der Waals surface area contributed by atoms with Crippen LogP contribution in [0.1, 0.15) is 101 Å². The summed E-state index contributed by atoms with van der Waals surface area (Å²) in [6.07, 6.45) is 17.6. The Bertz CT molecular complexity index is 2780. The van der Waals surface area contributed by atoms with Crippen LogP contribution in [0.4, 0.5) is 0 Å². The number of esters is 3. The third-order valence-corrected chi connectivity index (χ3v) is 9.64. The summed E-state index contributed by atoms with van der Waals surface area (Å²) in [4.78, 5) is 36.2. The standard InChI is InChI=1S/C21H21NO3.C20H19NO3.C18H15NO3/c1-2-3-4-5-6-15-24-19-13-9-18(10-14-19)21(23)25-20-11-7-17(16-22)8-12-20;1-2-3-4-5-14-23-18-12-8-17(9-13-18)20(22)24-19-10-6-16(15-21)7-11-19;1-2-3-12-21-16-10-6-15(7-11-16)18(20)22-17-8-4-14(13-19)5-9-17/h5-14H,2-4,15H2,1H3;4-13H,2-3,14H2,1H3;2-11H,12H2,1H3/b6-5+;5-4+;3-2+. The molecule has 360 valence electrons. The van der Waals surface area contributed by atoms with Crippen LogP contribution in [0.5, 0.6) is 34.5 Å². The Kier molecular flexibility index (Phi) is 24.3. The minimum absolute atomic E-state index is 0.400. The van der Waals surface area contributed by atoms with E-state index in [4.69, 9.17) is 44.2 Å². The Balaban J connectivity index is 0.000000232. The zero-order valence-corrected chi connectivity index (χ0v) is 40.0. The van der Waals surface area contributed by atoms with Crippen molar-refractivity contribution >= 4 is 17.9 Å². The van der Waals surface area contributed by atoms with Crippen molar-refractivity contribution in [1.29, 1.82) is 15.8 Å². The van der Waals surface area contributed by atoms with E-state index >= 15 is 0 Å². The van der Waals surface area contributed by atoms with Gasteiger partial charge >= 0.3 is 17.9 Å². The highest BCUT2D eigenvalue weighted by Crippen LogP contribution is 2.20. The number of hydrogen-bond donors (Lipinski definition) is 0. The second-order valence-electron chi connectivity index (χ2n) is 15.0. The number of hydrogen-bond acceptors (Lipinski definition) is 12. The Morgan fingerprint density at radius 3 is 0.972 bits per heavy atom. The topological polar surface area (TPSA) is 178 Å². The lowest BCUT2D eigenvalue weighted by Gasteiger charge is -2.06. The molecule has 6 aromatic rings. The van der Waals surface area contributed by atoms with Crippen LogP contribution in [0.25, 0.3) is 0 Å². The van der Waals surface area contributed by atoms with Crippen LogP contribution < -0.4 is 28.4 Å². The van der Waals surface area contributed by atoms with Crippen LogP contribution in [-0.4, -0.2) is 37.7 Å². The number of benzene rings is 6. The molecule has 0 fully saturated rings. The molecule has 0 radical (unpaired) electrons. The molecule has 12 heteroatoms. The summed E-state index contributed by atoms with van der Waals surface area (Å²) in [7, 11) is 0. The predicted molar refractivity (Wildman–Crippen MR) is 272 cm³/mol. The maximum absolute atomic E-state index is 12.1. The number of unbranched alkanes of at least 4 members (excludes halogenated alkanes) is 3. The lowest BCUT2D eigenvalue weighted by atomic mass is 10.2. The third-order valence-electron chi connectivity index (χ3n) is 9.64. The molecular weight excluding hydrogens is 895 g/mol. The summed E-state index contributed by atoms with van der Waals surface area (Å²) in [5, 5.41) is 26.2. The molecule has 0 saturated heterocycles. The fourth-order valence-electron chi connectivity index (χ4n) is 5.74. The minimum Gasteiger partial charge on any atom is -0.490 e. The molecule has 0 N–H and O–H groups in total. The van der Waals surface area contributed by atoms with Crippen LogP contribution in [0.15, 0.2) is 182 Å². The van der Waals surface area contributed by atoms with Gasteiger partial charge in [-0.1, -0.05) is 69.6 Å². The van der Waals surface area contributed by atoms with Gasteiger partial charge in [0.25, 0.3) is 0 Å². The van der Waals surface area contributed by atoms with Crippen molar-refractivity contribution in [3.8, 4) is 52.7 Å². The van der Waals surface area contributed by atoms with Gasteiger partial charge in [-0.25, -0.2) is 14.4 Å². The van der Waals surface area contributed by atoms with Crippen molar-refractivity contribution in [3.63, 3.8) is 0 Å². The first-order valence-electron chi connectivity index (χ1n) is 22.9. The van der Waals surface area contributed by atoms with E-state index in [2.05, 4.69) is 26.0 Å². The average molecular weight is 950 g/mol. The predicted octanol–water partition coefficient (Wildman–Crippen LogP) is 13.1. The van der Waals surface area contributed by atoms with E-state index < -0.39 is 17.9 Å². The Labute approximate surface area is 415 Å². The summed E-state index contributed by atoms with van der Waals surface area (Å²) in [6, 6.07) is 45.6. The van der Waals surface area contributed by atoms with Crippen molar-refractivity contribution in [1.82, 2.24) is 0 Å². The first-order valence-corrected chi connectivity index (χ1v) is 22.9. The van der Waals surface area contributed by atoms with Gasteiger partial charge < -0.3 is 28.4 Å². The maximum Gasteiger partial charge on any atom is 0.343 e. The molecule has 71 heavy (non-hydrogen) atoms. The molecule has 0 atom stereocenters. The van der Waals surface area contributed by atoms with Crippen molar-refractivity contribution in [3.05, 3.63) is 215 Å². The number of rotatable bonds is 20. The molecule has 12 nitrogen and oxygen atoms in total. The number of carbonyl (C=O) groups excluding carboxylic acids is 3. The lowest BCUT2D eigenvalue weighted by molar-refractivity contribution is 0.0725. The van der Waals surface area contributed by atoms with Crippen LogP contribution in [0.3, 0.4) is 0 Å².